The van der Waals surface area contributed by atoms with Crippen LogP contribution >= 0.6 is 0 Å². The number of aryl methyl sites for hydroxylation is 4. The molecule has 0 aliphatic heterocycles. The van der Waals surface area contributed by atoms with Crippen LogP contribution in [0, 0.1) is 13.8 Å². The fraction of sp³-hybridized carbons (Fsp3) is 0.298. The van der Waals surface area contributed by atoms with Crippen molar-refractivity contribution in [1.82, 2.24) is 4.90 Å². The third-order valence-corrected chi connectivity index (χ3v) is 9.89. The normalized spacial score (nSPS) is 12.2. The van der Waals surface area contributed by atoms with E-state index in [9.17, 15) is 4.79 Å². The molecule has 0 saturated carbocycles. The zero-order chi connectivity index (χ0) is 35.3. The van der Waals surface area contributed by atoms with Crippen LogP contribution in [0.1, 0.15) is 84.9 Å². The van der Waals surface area contributed by atoms with Gasteiger partial charge in [0, 0.05) is 6.54 Å². The van der Waals surface area contributed by atoms with E-state index < -0.39 is 0 Å². The van der Waals surface area contributed by atoms with Crippen molar-refractivity contribution in [3.63, 3.8) is 0 Å². The number of hydrogen-bond donors (Lipinski definition) is 0. The molecule has 1 amide bonds. The van der Waals surface area contributed by atoms with Crippen LogP contribution in [0.4, 0.5) is 4.79 Å². The maximum absolute atomic E-state index is 12.5. The second kappa shape index (κ2) is 18.2. The lowest BCUT2D eigenvalue weighted by atomic mass is 9.90. The first-order chi connectivity index (χ1) is 24.3. The minimum Gasteiger partial charge on any atom is -0.453 e. The summed E-state index contributed by atoms with van der Waals surface area (Å²) in [7, 11) is 1.45. The predicted octanol–water partition coefficient (Wildman–Crippen LogP) is 12.6. The summed E-state index contributed by atoms with van der Waals surface area (Å²) < 4.78 is 5.08. The van der Waals surface area contributed by atoms with Gasteiger partial charge in [-0.25, -0.2) is 4.79 Å². The van der Waals surface area contributed by atoms with Crippen molar-refractivity contribution >= 4 is 27.6 Å². The molecule has 0 bridgehead atoms. The molecule has 0 unspecified atom stereocenters. The van der Waals surface area contributed by atoms with Gasteiger partial charge in [0.15, 0.2) is 0 Å². The third kappa shape index (κ3) is 9.85. The number of benzene rings is 6. The number of carbonyl (C=O) groups excluding carboxylic acids is 1. The summed E-state index contributed by atoms with van der Waals surface area (Å²) in [6.07, 6.45) is 6.59. The standard InChI is InChI=1S/C24H27NO2.C23H26/c1-18-9-6-10-20(17-18)11-8-16-25(24(26)27-3)19(2)22-15-7-13-21-12-4-5-14-23(21)22;1-18-9-7-12-20(17-18)11-4-3-10-19(2)22-16-8-14-21-13-5-6-15-23(21)22/h4-7,9-10,12-15,17,19H,8,11,16H2,1-3H3;5-9,12-17,19H,3-4,10-11H2,1-2H3/t2*19-/m10/s1. The highest BCUT2D eigenvalue weighted by atomic mass is 16.5. The Morgan fingerprint density at radius 2 is 1.10 bits per heavy atom. The predicted molar refractivity (Wildman–Crippen MR) is 212 cm³/mol. The van der Waals surface area contributed by atoms with Crippen molar-refractivity contribution < 1.29 is 9.53 Å². The summed E-state index contributed by atoms with van der Waals surface area (Å²) in [5.74, 6) is 0.624. The van der Waals surface area contributed by atoms with E-state index in [0.29, 0.717) is 12.5 Å². The van der Waals surface area contributed by atoms with E-state index in [1.54, 1.807) is 0 Å². The molecule has 0 heterocycles. The summed E-state index contributed by atoms with van der Waals surface area (Å²) in [6.45, 7) is 9.38. The molecule has 0 spiro atoms. The number of carbonyl (C=O) groups is 1. The minimum atomic E-state index is -0.278. The van der Waals surface area contributed by atoms with Gasteiger partial charge in [-0.15, -0.1) is 0 Å². The molecule has 0 saturated heterocycles. The first kappa shape index (κ1) is 36.4. The van der Waals surface area contributed by atoms with Crippen molar-refractivity contribution in [2.45, 2.75) is 78.2 Å². The topological polar surface area (TPSA) is 29.5 Å². The number of amides is 1. The third-order valence-electron chi connectivity index (χ3n) is 9.89. The average molecular weight is 664 g/mol. The second-order valence-electron chi connectivity index (χ2n) is 13.7. The highest BCUT2D eigenvalue weighted by Gasteiger charge is 2.23. The Bertz CT molecular complexity index is 1970. The number of rotatable bonds is 12. The number of fused-ring (bicyclic) bond motifs is 2. The maximum Gasteiger partial charge on any atom is 0.409 e. The molecule has 6 aromatic rings. The molecule has 0 aliphatic rings. The van der Waals surface area contributed by atoms with Crippen LogP contribution in [0.15, 0.2) is 133 Å². The van der Waals surface area contributed by atoms with E-state index >= 15 is 0 Å². The summed E-state index contributed by atoms with van der Waals surface area (Å²) in [5, 5.41) is 5.14. The first-order valence-corrected chi connectivity index (χ1v) is 18.2. The van der Waals surface area contributed by atoms with E-state index in [2.05, 4.69) is 149 Å². The van der Waals surface area contributed by atoms with Gasteiger partial charge in [0.05, 0.1) is 13.2 Å². The molecule has 50 heavy (non-hydrogen) atoms. The van der Waals surface area contributed by atoms with Crippen LogP contribution in [-0.2, 0) is 17.6 Å². The van der Waals surface area contributed by atoms with Crippen LogP contribution in [0.2, 0.25) is 0 Å². The Kier molecular flexibility index (Phi) is 13.2. The average Bonchev–Trinajstić information content (AvgIpc) is 3.14. The van der Waals surface area contributed by atoms with Crippen LogP contribution in [0.3, 0.4) is 0 Å². The fourth-order valence-corrected chi connectivity index (χ4v) is 7.15. The molecule has 3 heteroatoms. The Morgan fingerprint density at radius 1 is 0.600 bits per heavy atom. The fourth-order valence-electron chi connectivity index (χ4n) is 7.15. The van der Waals surface area contributed by atoms with Gasteiger partial charge in [0.25, 0.3) is 0 Å². The van der Waals surface area contributed by atoms with Crippen LogP contribution in [0.25, 0.3) is 21.5 Å². The number of nitrogens with zero attached hydrogens (tertiary/aromatic N) is 1. The molecule has 3 nitrogen and oxygen atoms in total. The van der Waals surface area contributed by atoms with Crippen LogP contribution < -0.4 is 0 Å². The van der Waals surface area contributed by atoms with E-state index in [4.69, 9.17) is 4.74 Å². The number of methoxy groups -OCH3 is 1. The molecule has 258 valence electrons. The maximum atomic E-state index is 12.5. The molecule has 6 rings (SSSR count). The van der Waals surface area contributed by atoms with Gasteiger partial charge >= 0.3 is 6.09 Å². The monoisotopic (exact) mass is 663 g/mol. The molecule has 2 atom stereocenters. The van der Waals surface area contributed by atoms with Crippen LogP contribution in [-0.4, -0.2) is 24.6 Å². The molecule has 0 fully saturated rings. The van der Waals surface area contributed by atoms with E-state index in [-0.39, 0.29) is 12.1 Å². The quantitative estimate of drug-likeness (QED) is 0.122. The van der Waals surface area contributed by atoms with Crippen molar-refractivity contribution in [3.8, 4) is 0 Å². The Balaban J connectivity index is 0.000000197. The van der Waals surface area contributed by atoms with Gasteiger partial charge in [0.1, 0.15) is 0 Å². The lowest BCUT2D eigenvalue weighted by Gasteiger charge is -2.29. The van der Waals surface area contributed by atoms with Gasteiger partial charge in [-0.2, -0.15) is 0 Å². The zero-order valence-electron chi connectivity index (χ0n) is 30.6. The van der Waals surface area contributed by atoms with Crippen LogP contribution in [0.5, 0.6) is 0 Å². The minimum absolute atomic E-state index is 0.0546. The van der Waals surface area contributed by atoms with Gasteiger partial charge < -0.3 is 9.64 Å². The van der Waals surface area contributed by atoms with Crippen molar-refractivity contribution in [1.29, 1.82) is 0 Å². The Labute approximate surface area is 299 Å². The number of hydrogen-bond acceptors (Lipinski definition) is 2. The smallest absolute Gasteiger partial charge is 0.409 e. The number of unbranched alkanes of at least 4 members (excludes halogenated alkanes) is 1. The Morgan fingerprint density at radius 3 is 1.68 bits per heavy atom. The zero-order valence-corrected chi connectivity index (χ0v) is 30.6. The molecule has 6 aromatic carbocycles. The summed E-state index contributed by atoms with van der Waals surface area (Å²) in [4.78, 5) is 14.3. The Hall–Kier alpha value is -4.89. The molecule has 0 radical (unpaired) electrons. The summed E-state index contributed by atoms with van der Waals surface area (Å²) >= 11 is 0. The largest absolute Gasteiger partial charge is 0.453 e. The molecule has 0 N–H and O–H groups in total. The SMILES string of the molecule is COC(=O)N(CCCc1cccc(C)c1)[C@H](C)c1cccc2ccccc12.Cc1cccc(CCCC[C@H](C)c2cccc3ccccc23)c1. The van der Waals surface area contributed by atoms with Crippen molar-refractivity contribution in [2.75, 3.05) is 13.7 Å². The summed E-state index contributed by atoms with van der Waals surface area (Å²) in [6, 6.07) is 47.4. The van der Waals surface area contributed by atoms with Gasteiger partial charge in [-0.3, -0.25) is 0 Å². The highest BCUT2D eigenvalue weighted by Crippen LogP contribution is 2.30. The van der Waals surface area contributed by atoms with Gasteiger partial charge in [0.2, 0.25) is 0 Å². The molecule has 0 aromatic heterocycles. The second-order valence-corrected chi connectivity index (χ2v) is 13.7. The lowest BCUT2D eigenvalue weighted by molar-refractivity contribution is 0.108. The van der Waals surface area contributed by atoms with Gasteiger partial charge in [-0.1, -0.05) is 158 Å². The van der Waals surface area contributed by atoms with E-state index in [1.807, 2.05) is 17.0 Å². The first-order valence-electron chi connectivity index (χ1n) is 18.2. The van der Waals surface area contributed by atoms with E-state index in [0.717, 1.165) is 18.4 Å². The van der Waals surface area contributed by atoms with Crippen molar-refractivity contribution in [2.24, 2.45) is 0 Å². The number of ether oxygens (including phenoxy) is 1. The highest BCUT2D eigenvalue weighted by molar-refractivity contribution is 5.87. The molecular weight excluding hydrogens is 611 g/mol. The molecule has 0 aliphatic carbocycles. The van der Waals surface area contributed by atoms with Crippen molar-refractivity contribution in [3.05, 3.63) is 167 Å². The van der Waals surface area contributed by atoms with Gasteiger partial charge in [-0.05, 0) is 103 Å². The molecular formula is C47H53NO2. The summed E-state index contributed by atoms with van der Waals surface area (Å²) in [5.41, 5.74) is 8.06. The lowest BCUT2D eigenvalue weighted by Crippen LogP contribution is -2.34. The van der Waals surface area contributed by atoms with E-state index in [1.165, 1.54) is 82.2 Å².